The van der Waals surface area contributed by atoms with Crippen molar-refractivity contribution in [2.24, 2.45) is 5.73 Å². The molecule has 1 atom stereocenters. The van der Waals surface area contributed by atoms with E-state index in [1.807, 2.05) is 0 Å². The average molecular weight is 164 g/mol. The summed E-state index contributed by atoms with van der Waals surface area (Å²) in [6.45, 7) is 0.424. The maximum absolute atomic E-state index is 5.18. The van der Waals surface area contributed by atoms with E-state index in [0.717, 1.165) is 0 Å². The van der Waals surface area contributed by atoms with Gasteiger partial charge in [0.25, 0.3) is 0 Å². The molecule has 0 bridgehead atoms. The fraction of sp³-hybridized carbons (Fsp3) is 0.800. The molecule has 0 saturated heterocycles. The molecule has 10 heavy (non-hydrogen) atoms. The van der Waals surface area contributed by atoms with Gasteiger partial charge in [-0.15, -0.1) is 0 Å². The minimum absolute atomic E-state index is 0.212. The smallest absolute Gasteiger partial charge is 0.165 e. The lowest BCUT2D eigenvalue weighted by Gasteiger charge is -2.15. The van der Waals surface area contributed by atoms with Gasteiger partial charge in [0.2, 0.25) is 0 Å². The van der Waals surface area contributed by atoms with Crippen LogP contribution in [0.15, 0.2) is 0 Å². The van der Waals surface area contributed by atoms with E-state index in [9.17, 15) is 0 Å². The highest BCUT2D eigenvalue weighted by atomic mass is 32.1. The van der Waals surface area contributed by atoms with Crippen LogP contribution in [0, 0.1) is 0 Å². The highest BCUT2D eigenvalue weighted by molar-refractivity contribution is 7.80. The van der Waals surface area contributed by atoms with Crippen LogP contribution in [0.3, 0.4) is 0 Å². The van der Waals surface area contributed by atoms with E-state index in [0.29, 0.717) is 6.61 Å². The molecule has 0 saturated carbocycles. The third-order valence-electron chi connectivity index (χ3n) is 0.906. The van der Waals surface area contributed by atoms with Crippen molar-refractivity contribution in [2.75, 3.05) is 20.8 Å². The van der Waals surface area contributed by atoms with Crippen molar-refractivity contribution in [3.05, 3.63) is 0 Å². The molecule has 0 aromatic carbocycles. The van der Waals surface area contributed by atoms with Gasteiger partial charge in [0, 0.05) is 14.2 Å². The number of hydrogen-bond donors (Lipinski definition) is 2. The highest BCUT2D eigenvalue weighted by Gasteiger charge is 2.04. The fourth-order valence-corrected chi connectivity index (χ4v) is 0.610. The van der Waals surface area contributed by atoms with Crippen LogP contribution in [-0.2, 0) is 9.47 Å². The Morgan fingerprint density at radius 2 is 2.30 bits per heavy atom. The maximum Gasteiger partial charge on any atom is 0.165 e. The minimum Gasteiger partial charge on any atom is -0.380 e. The molecule has 0 aliphatic heterocycles. The number of nitrogens with one attached hydrogen (secondary N) is 1. The standard InChI is InChI=1S/C5H12N2O2S/c1-8-3-4(9-2)7-5(6)10/h4H,3H2,1-2H3,(H3,6,7,10). The number of ether oxygens (including phenoxy) is 2. The van der Waals surface area contributed by atoms with Crippen molar-refractivity contribution in [1.29, 1.82) is 0 Å². The molecule has 0 aliphatic rings. The van der Waals surface area contributed by atoms with Crippen LogP contribution >= 0.6 is 12.2 Å². The Morgan fingerprint density at radius 1 is 1.70 bits per heavy atom. The molecule has 0 rings (SSSR count). The summed E-state index contributed by atoms with van der Waals surface area (Å²) in [6.07, 6.45) is -0.248. The lowest BCUT2D eigenvalue weighted by atomic mass is 10.6. The van der Waals surface area contributed by atoms with Gasteiger partial charge in [-0.05, 0) is 12.2 Å². The van der Waals surface area contributed by atoms with E-state index in [2.05, 4.69) is 17.5 Å². The molecule has 1 unspecified atom stereocenters. The average Bonchev–Trinajstić information content (AvgIpc) is 1.86. The van der Waals surface area contributed by atoms with Crippen molar-refractivity contribution < 1.29 is 9.47 Å². The SMILES string of the molecule is COCC(NC(N)=S)OC. The molecule has 0 radical (unpaired) electrons. The van der Waals surface area contributed by atoms with E-state index in [1.165, 1.54) is 0 Å². The molecule has 0 aromatic rings. The van der Waals surface area contributed by atoms with Crippen LogP contribution in [0.25, 0.3) is 0 Å². The van der Waals surface area contributed by atoms with Crippen LogP contribution in [0.2, 0.25) is 0 Å². The normalized spacial score (nSPS) is 12.6. The molecule has 4 nitrogen and oxygen atoms in total. The molecule has 60 valence electrons. The van der Waals surface area contributed by atoms with Gasteiger partial charge in [-0.3, -0.25) is 0 Å². The molecular formula is C5H12N2O2S. The van der Waals surface area contributed by atoms with E-state index in [-0.39, 0.29) is 11.3 Å². The van der Waals surface area contributed by atoms with Crippen LogP contribution in [-0.4, -0.2) is 32.2 Å². The van der Waals surface area contributed by atoms with Crippen molar-refractivity contribution in [1.82, 2.24) is 5.32 Å². The monoisotopic (exact) mass is 164 g/mol. The van der Waals surface area contributed by atoms with Gasteiger partial charge < -0.3 is 20.5 Å². The third kappa shape index (κ3) is 4.49. The Balaban J connectivity index is 3.49. The van der Waals surface area contributed by atoms with Gasteiger partial charge in [0.1, 0.15) is 0 Å². The van der Waals surface area contributed by atoms with Crippen LogP contribution in [0.5, 0.6) is 0 Å². The van der Waals surface area contributed by atoms with E-state index >= 15 is 0 Å². The Morgan fingerprint density at radius 3 is 2.60 bits per heavy atom. The first-order chi connectivity index (χ1) is 4.70. The van der Waals surface area contributed by atoms with Crippen molar-refractivity contribution in [3.63, 3.8) is 0 Å². The summed E-state index contributed by atoms with van der Waals surface area (Å²) in [4.78, 5) is 0. The molecule has 0 aliphatic carbocycles. The van der Waals surface area contributed by atoms with Gasteiger partial charge in [0.05, 0.1) is 6.61 Å². The molecule has 0 aromatic heterocycles. The van der Waals surface area contributed by atoms with Crippen molar-refractivity contribution >= 4 is 17.3 Å². The van der Waals surface area contributed by atoms with Crippen molar-refractivity contribution in [3.8, 4) is 0 Å². The number of methoxy groups -OCH3 is 2. The first-order valence-corrected chi connectivity index (χ1v) is 3.19. The number of thiocarbonyl (C=S) groups is 1. The molecule has 0 amide bonds. The van der Waals surface area contributed by atoms with Crippen molar-refractivity contribution in [2.45, 2.75) is 6.23 Å². The zero-order chi connectivity index (χ0) is 7.98. The number of hydrogen-bond acceptors (Lipinski definition) is 3. The summed E-state index contributed by atoms with van der Waals surface area (Å²) in [5, 5.41) is 2.90. The second-order valence-electron chi connectivity index (χ2n) is 1.69. The van der Waals surface area contributed by atoms with Gasteiger partial charge in [-0.2, -0.15) is 0 Å². The fourth-order valence-electron chi connectivity index (χ4n) is 0.479. The summed E-state index contributed by atoms with van der Waals surface area (Å²) in [5.74, 6) is 0. The van der Waals surface area contributed by atoms with Gasteiger partial charge >= 0.3 is 0 Å². The minimum atomic E-state index is -0.248. The molecule has 3 N–H and O–H groups in total. The topological polar surface area (TPSA) is 56.5 Å². The zero-order valence-electron chi connectivity index (χ0n) is 6.09. The Labute approximate surface area is 65.7 Å². The van der Waals surface area contributed by atoms with Gasteiger partial charge in [-0.1, -0.05) is 0 Å². The summed E-state index contributed by atoms with van der Waals surface area (Å²) < 4.78 is 9.69. The summed E-state index contributed by atoms with van der Waals surface area (Å²) >= 11 is 4.58. The lowest BCUT2D eigenvalue weighted by molar-refractivity contribution is 0.0198. The predicted molar refractivity (Wildman–Crippen MR) is 42.6 cm³/mol. The molecular weight excluding hydrogens is 152 g/mol. The first-order valence-electron chi connectivity index (χ1n) is 2.78. The number of nitrogens with two attached hydrogens (primary N) is 1. The molecule has 0 heterocycles. The molecule has 5 heteroatoms. The summed E-state index contributed by atoms with van der Waals surface area (Å²) in [5.41, 5.74) is 5.18. The second-order valence-corrected chi connectivity index (χ2v) is 2.13. The van der Waals surface area contributed by atoms with Crippen LogP contribution in [0.1, 0.15) is 0 Å². The molecule has 0 fully saturated rings. The van der Waals surface area contributed by atoms with Gasteiger partial charge in [0.15, 0.2) is 11.3 Å². The zero-order valence-corrected chi connectivity index (χ0v) is 6.90. The predicted octanol–water partition coefficient (Wildman–Crippen LogP) is -0.561. The highest BCUT2D eigenvalue weighted by Crippen LogP contribution is 1.83. The Hall–Kier alpha value is -0.390. The summed E-state index contributed by atoms with van der Waals surface area (Å²) in [6, 6.07) is 0. The Bertz CT molecular complexity index is 110. The number of rotatable bonds is 4. The van der Waals surface area contributed by atoms with E-state index in [4.69, 9.17) is 15.2 Å². The van der Waals surface area contributed by atoms with Gasteiger partial charge in [-0.25, -0.2) is 0 Å². The maximum atomic E-state index is 5.18. The van der Waals surface area contributed by atoms with E-state index in [1.54, 1.807) is 14.2 Å². The lowest BCUT2D eigenvalue weighted by Crippen LogP contribution is -2.42. The summed E-state index contributed by atoms with van der Waals surface area (Å²) in [7, 11) is 3.13. The third-order valence-corrected chi connectivity index (χ3v) is 1.02. The first kappa shape index (κ1) is 9.61. The van der Waals surface area contributed by atoms with Crippen LogP contribution < -0.4 is 11.1 Å². The molecule has 0 spiro atoms. The second kappa shape index (κ2) is 5.40. The quantitative estimate of drug-likeness (QED) is 0.431. The Kier molecular flexibility index (Phi) is 5.19. The van der Waals surface area contributed by atoms with E-state index < -0.39 is 0 Å². The van der Waals surface area contributed by atoms with Crippen LogP contribution in [0.4, 0.5) is 0 Å². The largest absolute Gasteiger partial charge is 0.380 e.